The zero-order valence-corrected chi connectivity index (χ0v) is 20.1. The number of amides is 1. The maximum absolute atomic E-state index is 14.0. The topological polar surface area (TPSA) is 38.1 Å². The summed E-state index contributed by atoms with van der Waals surface area (Å²) in [5.74, 6) is 1.22. The number of fused-ring (bicyclic) bond motifs is 1. The van der Waals surface area contributed by atoms with Gasteiger partial charge >= 0.3 is 0 Å². The summed E-state index contributed by atoms with van der Waals surface area (Å²) < 4.78 is 2.16. The molecule has 0 N–H and O–H groups in total. The minimum absolute atomic E-state index is 0.273. The first-order valence-electron chi connectivity index (χ1n) is 12.7. The summed E-state index contributed by atoms with van der Waals surface area (Å²) in [5.41, 5.74) is 3.15. The molecular weight excluding hydrogens is 430 g/mol. The molecule has 1 heterocycles. The van der Waals surface area contributed by atoms with Crippen molar-refractivity contribution in [1.82, 2.24) is 14.5 Å². The standard InChI is InChI=1S/C28H34ClN3O/c29-22-17-15-21(16-18-22)19-27-30-25-13-7-8-14-26(25)31(27)20-28(33)32(23-9-3-1-4-10-23)24-11-5-2-6-12-24/h7-8,13-18,23-24H,1-6,9-12,19-20H2. The van der Waals surface area contributed by atoms with E-state index in [1.165, 1.54) is 38.5 Å². The average molecular weight is 464 g/mol. The van der Waals surface area contributed by atoms with Crippen LogP contribution in [-0.2, 0) is 17.8 Å². The monoisotopic (exact) mass is 463 g/mol. The number of rotatable bonds is 6. The SMILES string of the molecule is O=C(Cn1c(Cc2ccc(Cl)cc2)nc2ccccc21)N(C1CCCCC1)C1CCCCC1. The number of para-hydroxylation sites is 2. The van der Waals surface area contributed by atoms with Gasteiger partial charge in [-0.05, 0) is 55.5 Å². The van der Waals surface area contributed by atoms with Crippen LogP contribution in [0.5, 0.6) is 0 Å². The summed E-state index contributed by atoms with van der Waals surface area (Å²) in [6, 6.07) is 16.9. The van der Waals surface area contributed by atoms with Crippen LogP contribution < -0.4 is 0 Å². The fraction of sp³-hybridized carbons (Fsp3) is 0.500. The van der Waals surface area contributed by atoms with E-state index in [2.05, 4.69) is 15.5 Å². The third-order valence-electron chi connectivity index (χ3n) is 7.53. The minimum atomic E-state index is 0.273. The van der Waals surface area contributed by atoms with Crippen LogP contribution >= 0.6 is 11.6 Å². The molecule has 0 atom stereocenters. The number of nitrogens with zero attached hydrogens (tertiary/aromatic N) is 3. The van der Waals surface area contributed by atoms with E-state index in [9.17, 15) is 4.79 Å². The van der Waals surface area contributed by atoms with Crippen LogP contribution in [0.2, 0.25) is 5.02 Å². The van der Waals surface area contributed by atoms with E-state index >= 15 is 0 Å². The molecule has 0 bridgehead atoms. The Bertz CT molecular complexity index is 1060. The van der Waals surface area contributed by atoms with Crippen LogP contribution in [0.1, 0.15) is 75.6 Å². The minimum Gasteiger partial charge on any atom is -0.335 e. The summed E-state index contributed by atoms with van der Waals surface area (Å²) in [4.78, 5) is 21.2. The Hall–Kier alpha value is -2.33. The number of aromatic nitrogens is 2. The predicted octanol–water partition coefficient (Wildman–Crippen LogP) is 6.77. The van der Waals surface area contributed by atoms with Crippen LogP contribution in [-0.4, -0.2) is 32.4 Å². The molecule has 0 aliphatic heterocycles. The summed E-state index contributed by atoms with van der Waals surface area (Å²) in [6.07, 6.45) is 12.9. The lowest BCUT2D eigenvalue weighted by atomic mass is 9.88. The normalized spacial score (nSPS) is 18.0. The Morgan fingerprint density at radius 2 is 1.48 bits per heavy atom. The fourth-order valence-electron chi connectivity index (χ4n) is 5.86. The average Bonchev–Trinajstić information content (AvgIpc) is 3.19. The van der Waals surface area contributed by atoms with Gasteiger partial charge in [0.25, 0.3) is 0 Å². The molecule has 0 spiro atoms. The predicted molar refractivity (Wildman–Crippen MR) is 135 cm³/mol. The van der Waals surface area contributed by atoms with Gasteiger partial charge in [-0.1, -0.05) is 74.4 Å². The number of benzene rings is 2. The summed E-state index contributed by atoms with van der Waals surface area (Å²) in [7, 11) is 0. The van der Waals surface area contributed by atoms with Gasteiger partial charge in [0.05, 0.1) is 11.0 Å². The van der Waals surface area contributed by atoms with Gasteiger partial charge in [0.15, 0.2) is 0 Å². The van der Waals surface area contributed by atoms with Crippen molar-refractivity contribution in [1.29, 1.82) is 0 Å². The van der Waals surface area contributed by atoms with E-state index in [0.29, 0.717) is 25.0 Å². The maximum Gasteiger partial charge on any atom is 0.243 e. The second-order valence-electron chi connectivity index (χ2n) is 9.79. The largest absolute Gasteiger partial charge is 0.335 e. The van der Waals surface area contributed by atoms with Crippen LogP contribution in [0.25, 0.3) is 11.0 Å². The van der Waals surface area contributed by atoms with E-state index in [-0.39, 0.29) is 5.91 Å². The zero-order chi connectivity index (χ0) is 22.6. The van der Waals surface area contributed by atoms with Crippen molar-refractivity contribution in [2.75, 3.05) is 0 Å². The van der Waals surface area contributed by atoms with Crippen molar-refractivity contribution in [3.8, 4) is 0 Å². The molecule has 3 aromatic rings. The number of halogens is 1. The Balaban J connectivity index is 1.45. The third kappa shape index (κ3) is 5.11. The van der Waals surface area contributed by atoms with E-state index in [0.717, 1.165) is 53.1 Å². The summed E-state index contributed by atoms with van der Waals surface area (Å²) in [6.45, 7) is 0.371. The van der Waals surface area contributed by atoms with Gasteiger partial charge in [-0.15, -0.1) is 0 Å². The molecule has 0 radical (unpaired) electrons. The maximum atomic E-state index is 14.0. The van der Waals surface area contributed by atoms with Gasteiger partial charge in [0.2, 0.25) is 5.91 Å². The lowest BCUT2D eigenvalue weighted by Gasteiger charge is -2.42. The summed E-state index contributed by atoms with van der Waals surface area (Å²) in [5, 5.41) is 0.734. The van der Waals surface area contributed by atoms with Crippen molar-refractivity contribution in [3.05, 3.63) is 64.9 Å². The van der Waals surface area contributed by atoms with Crippen LogP contribution in [0.3, 0.4) is 0 Å². The Morgan fingerprint density at radius 1 is 0.879 bits per heavy atom. The van der Waals surface area contributed by atoms with Crippen molar-refractivity contribution < 1.29 is 4.79 Å². The van der Waals surface area contributed by atoms with Gasteiger partial charge in [0, 0.05) is 23.5 Å². The Morgan fingerprint density at radius 3 is 2.12 bits per heavy atom. The fourth-order valence-corrected chi connectivity index (χ4v) is 5.99. The van der Waals surface area contributed by atoms with E-state index in [1.54, 1.807) is 0 Å². The van der Waals surface area contributed by atoms with E-state index in [4.69, 9.17) is 16.6 Å². The molecule has 5 heteroatoms. The Kier molecular flexibility index (Phi) is 7.01. The highest BCUT2D eigenvalue weighted by atomic mass is 35.5. The van der Waals surface area contributed by atoms with Gasteiger partial charge in [0.1, 0.15) is 12.4 Å². The quantitative estimate of drug-likeness (QED) is 0.404. The molecule has 2 saturated carbocycles. The Labute approximate surface area is 201 Å². The molecule has 1 amide bonds. The molecule has 2 aliphatic rings. The molecule has 2 fully saturated rings. The lowest BCUT2D eigenvalue weighted by molar-refractivity contribution is -0.138. The van der Waals surface area contributed by atoms with E-state index < -0.39 is 0 Å². The highest BCUT2D eigenvalue weighted by Crippen LogP contribution is 2.31. The lowest BCUT2D eigenvalue weighted by Crippen LogP contribution is -2.50. The van der Waals surface area contributed by atoms with Gasteiger partial charge in [-0.25, -0.2) is 4.98 Å². The first kappa shape index (κ1) is 22.5. The van der Waals surface area contributed by atoms with Gasteiger partial charge in [-0.3, -0.25) is 4.79 Å². The molecule has 2 aliphatic carbocycles. The molecular formula is C28H34ClN3O. The molecule has 5 rings (SSSR count). The first-order valence-corrected chi connectivity index (χ1v) is 13.1. The van der Waals surface area contributed by atoms with E-state index in [1.807, 2.05) is 42.5 Å². The third-order valence-corrected chi connectivity index (χ3v) is 7.78. The van der Waals surface area contributed by atoms with Crippen LogP contribution in [0.15, 0.2) is 48.5 Å². The van der Waals surface area contributed by atoms with Crippen molar-refractivity contribution in [2.24, 2.45) is 0 Å². The van der Waals surface area contributed by atoms with Gasteiger partial charge in [-0.2, -0.15) is 0 Å². The highest BCUT2D eigenvalue weighted by molar-refractivity contribution is 6.30. The number of hydrogen-bond acceptors (Lipinski definition) is 2. The number of carbonyl (C=O) groups is 1. The number of carbonyl (C=O) groups excluding carboxylic acids is 1. The molecule has 33 heavy (non-hydrogen) atoms. The zero-order valence-electron chi connectivity index (χ0n) is 19.4. The molecule has 0 saturated heterocycles. The number of imidazole rings is 1. The second kappa shape index (κ2) is 10.3. The second-order valence-corrected chi connectivity index (χ2v) is 10.2. The first-order chi connectivity index (χ1) is 16.2. The number of hydrogen-bond donors (Lipinski definition) is 0. The summed E-state index contributed by atoms with van der Waals surface area (Å²) >= 11 is 6.09. The van der Waals surface area contributed by atoms with Crippen molar-refractivity contribution in [3.63, 3.8) is 0 Å². The molecule has 2 aromatic carbocycles. The highest BCUT2D eigenvalue weighted by Gasteiger charge is 2.33. The van der Waals surface area contributed by atoms with Crippen molar-refractivity contribution >= 4 is 28.5 Å². The molecule has 0 unspecified atom stereocenters. The van der Waals surface area contributed by atoms with Crippen LogP contribution in [0.4, 0.5) is 0 Å². The molecule has 4 nitrogen and oxygen atoms in total. The van der Waals surface area contributed by atoms with Gasteiger partial charge < -0.3 is 9.47 Å². The van der Waals surface area contributed by atoms with Crippen molar-refractivity contribution in [2.45, 2.75) is 89.3 Å². The smallest absolute Gasteiger partial charge is 0.243 e. The molecule has 1 aromatic heterocycles. The van der Waals surface area contributed by atoms with Crippen LogP contribution in [0, 0.1) is 0 Å². The molecule has 174 valence electrons.